The van der Waals surface area contributed by atoms with Gasteiger partial charge in [-0.15, -0.1) is 11.3 Å². The molecule has 2 N–H and O–H groups in total. The van der Waals surface area contributed by atoms with Gasteiger partial charge in [0.25, 0.3) is 0 Å². The highest BCUT2D eigenvalue weighted by Gasteiger charge is 2.18. The summed E-state index contributed by atoms with van der Waals surface area (Å²) in [6.07, 6.45) is 0.580. The minimum Gasteiger partial charge on any atom is -0.478 e. The standard InChI is InChI=1S/C13H12ClNO4S2/c14-12-4-3-10(8-11(12)13(16)17)21(18,19)15-6-5-9-2-1-7-20-9/h1-4,7-8,15H,5-6H2,(H,16,17). The maximum absolute atomic E-state index is 12.1. The number of thiophene rings is 1. The van der Waals surface area contributed by atoms with E-state index in [4.69, 9.17) is 16.7 Å². The molecule has 0 saturated heterocycles. The Labute approximate surface area is 131 Å². The van der Waals surface area contributed by atoms with E-state index in [0.717, 1.165) is 10.9 Å². The lowest BCUT2D eigenvalue weighted by Gasteiger charge is -2.07. The molecule has 2 rings (SSSR count). The van der Waals surface area contributed by atoms with Crippen LogP contribution in [0, 0.1) is 0 Å². The number of halogens is 1. The molecule has 0 aliphatic rings. The van der Waals surface area contributed by atoms with Gasteiger partial charge < -0.3 is 5.11 Å². The summed E-state index contributed by atoms with van der Waals surface area (Å²) in [5.74, 6) is -1.27. The first-order valence-electron chi connectivity index (χ1n) is 5.95. The molecule has 0 fully saturated rings. The van der Waals surface area contributed by atoms with Crippen molar-refractivity contribution in [3.8, 4) is 0 Å². The number of sulfonamides is 1. The minimum absolute atomic E-state index is 0.0000329. The number of carbonyl (C=O) groups is 1. The molecule has 8 heteroatoms. The largest absolute Gasteiger partial charge is 0.478 e. The highest BCUT2D eigenvalue weighted by molar-refractivity contribution is 7.89. The van der Waals surface area contributed by atoms with Crippen LogP contribution in [0.3, 0.4) is 0 Å². The Morgan fingerprint density at radius 2 is 2.10 bits per heavy atom. The van der Waals surface area contributed by atoms with E-state index >= 15 is 0 Å². The highest BCUT2D eigenvalue weighted by Crippen LogP contribution is 2.20. The van der Waals surface area contributed by atoms with E-state index in [2.05, 4.69) is 4.72 Å². The van der Waals surface area contributed by atoms with Gasteiger partial charge in [0.15, 0.2) is 0 Å². The zero-order chi connectivity index (χ0) is 15.5. The monoisotopic (exact) mass is 345 g/mol. The van der Waals surface area contributed by atoms with Crippen LogP contribution in [0.1, 0.15) is 15.2 Å². The normalized spacial score (nSPS) is 11.5. The molecule has 0 saturated carbocycles. The highest BCUT2D eigenvalue weighted by atomic mass is 35.5. The lowest BCUT2D eigenvalue weighted by atomic mass is 10.2. The van der Waals surface area contributed by atoms with Crippen LogP contribution in [0.5, 0.6) is 0 Å². The summed E-state index contributed by atoms with van der Waals surface area (Å²) in [5.41, 5.74) is -0.238. The van der Waals surface area contributed by atoms with Crippen LogP contribution in [0.2, 0.25) is 5.02 Å². The van der Waals surface area contributed by atoms with Gasteiger partial charge in [-0.1, -0.05) is 17.7 Å². The lowest BCUT2D eigenvalue weighted by molar-refractivity contribution is 0.0697. The number of rotatable bonds is 6. The van der Waals surface area contributed by atoms with E-state index in [1.165, 1.54) is 12.1 Å². The number of carboxylic acid groups (broad SMARTS) is 1. The molecule has 1 aromatic heterocycles. The smallest absolute Gasteiger partial charge is 0.337 e. The van der Waals surface area contributed by atoms with Crippen LogP contribution in [-0.2, 0) is 16.4 Å². The predicted octanol–water partition coefficient (Wildman–Crippen LogP) is 2.62. The predicted molar refractivity (Wildman–Crippen MR) is 81.6 cm³/mol. The molecule has 0 amide bonds. The third kappa shape index (κ3) is 4.04. The van der Waals surface area contributed by atoms with Gasteiger partial charge in [-0.25, -0.2) is 17.9 Å². The number of hydrogen-bond acceptors (Lipinski definition) is 4. The van der Waals surface area contributed by atoms with Crippen LogP contribution in [0.25, 0.3) is 0 Å². The Morgan fingerprint density at radius 1 is 1.33 bits per heavy atom. The topological polar surface area (TPSA) is 83.5 Å². The van der Waals surface area contributed by atoms with Gasteiger partial charge in [-0.2, -0.15) is 0 Å². The zero-order valence-corrected chi connectivity index (χ0v) is 13.1. The van der Waals surface area contributed by atoms with Crippen molar-refractivity contribution in [1.82, 2.24) is 4.72 Å². The Kier molecular flexibility index (Phi) is 5.00. The number of nitrogens with one attached hydrogen (secondary N) is 1. The Morgan fingerprint density at radius 3 is 2.71 bits per heavy atom. The molecule has 0 aliphatic heterocycles. The van der Waals surface area contributed by atoms with Crippen molar-refractivity contribution in [2.24, 2.45) is 0 Å². The molecule has 0 unspecified atom stereocenters. The molecule has 0 bridgehead atoms. The first kappa shape index (κ1) is 16.0. The molecule has 5 nitrogen and oxygen atoms in total. The Balaban J connectivity index is 2.12. The summed E-state index contributed by atoms with van der Waals surface area (Å²) < 4.78 is 26.6. The Hall–Kier alpha value is -1.41. The van der Waals surface area contributed by atoms with Crippen LogP contribution in [0.4, 0.5) is 0 Å². The van der Waals surface area contributed by atoms with Crippen molar-refractivity contribution < 1.29 is 18.3 Å². The number of aromatic carboxylic acids is 1. The summed E-state index contributed by atoms with van der Waals surface area (Å²) in [5, 5.41) is 10.9. The fourth-order valence-electron chi connectivity index (χ4n) is 1.68. The summed E-state index contributed by atoms with van der Waals surface area (Å²) >= 11 is 7.27. The second-order valence-corrected chi connectivity index (χ2v) is 7.38. The van der Waals surface area contributed by atoms with Gasteiger partial charge >= 0.3 is 5.97 Å². The molecule has 0 atom stereocenters. The maximum atomic E-state index is 12.1. The van der Waals surface area contributed by atoms with Crippen molar-refractivity contribution >= 4 is 38.9 Å². The molecular weight excluding hydrogens is 334 g/mol. The fourth-order valence-corrected chi connectivity index (χ4v) is 3.65. The van der Waals surface area contributed by atoms with E-state index in [0.29, 0.717) is 6.42 Å². The average molecular weight is 346 g/mol. The van der Waals surface area contributed by atoms with Crippen LogP contribution in [0.15, 0.2) is 40.6 Å². The van der Waals surface area contributed by atoms with Gasteiger partial charge in [0, 0.05) is 11.4 Å². The second kappa shape index (κ2) is 6.57. The first-order valence-corrected chi connectivity index (χ1v) is 8.69. The summed E-state index contributed by atoms with van der Waals surface area (Å²) in [6.45, 7) is 0.244. The van der Waals surface area contributed by atoms with Crippen LogP contribution >= 0.6 is 22.9 Å². The molecule has 112 valence electrons. The summed E-state index contributed by atoms with van der Waals surface area (Å²) in [6, 6.07) is 7.41. The number of hydrogen-bond donors (Lipinski definition) is 2. The molecule has 1 aromatic carbocycles. The van der Waals surface area contributed by atoms with Gasteiger partial charge in [0.05, 0.1) is 15.5 Å². The molecule has 1 heterocycles. The van der Waals surface area contributed by atoms with Crippen molar-refractivity contribution in [3.05, 3.63) is 51.2 Å². The van der Waals surface area contributed by atoms with Gasteiger partial charge in [-0.05, 0) is 36.1 Å². The average Bonchev–Trinajstić information content (AvgIpc) is 2.91. The van der Waals surface area contributed by atoms with E-state index < -0.39 is 16.0 Å². The molecule has 0 spiro atoms. The summed E-state index contributed by atoms with van der Waals surface area (Å²) in [4.78, 5) is 11.9. The summed E-state index contributed by atoms with van der Waals surface area (Å²) in [7, 11) is -3.75. The molecule has 0 radical (unpaired) electrons. The lowest BCUT2D eigenvalue weighted by Crippen LogP contribution is -2.26. The van der Waals surface area contributed by atoms with Gasteiger partial charge in [0.1, 0.15) is 0 Å². The third-order valence-electron chi connectivity index (χ3n) is 2.72. The first-order chi connectivity index (χ1) is 9.90. The second-order valence-electron chi connectivity index (χ2n) is 4.17. The number of benzene rings is 1. The maximum Gasteiger partial charge on any atom is 0.337 e. The minimum atomic E-state index is -3.75. The van der Waals surface area contributed by atoms with E-state index in [9.17, 15) is 13.2 Å². The van der Waals surface area contributed by atoms with E-state index in [1.54, 1.807) is 11.3 Å². The quantitative estimate of drug-likeness (QED) is 0.843. The molecular formula is C13H12ClNO4S2. The zero-order valence-electron chi connectivity index (χ0n) is 10.7. The molecule has 0 aliphatic carbocycles. The number of carboxylic acids is 1. The Bertz CT molecular complexity index is 742. The van der Waals surface area contributed by atoms with Crippen LogP contribution in [-0.4, -0.2) is 26.0 Å². The molecule has 21 heavy (non-hydrogen) atoms. The van der Waals surface area contributed by atoms with Crippen molar-refractivity contribution in [2.75, 3.05) is 6.54 Å². The van der Waals surface area contributed by atoms with Crippen molar-refractivity contribution in [3.63, 3.8) is 0 Å². The third-order valence-corrected chi connectivity index (χ3v) is 5.45. The van der Waals surface area contributed by atoms with Gasteiger partial charge in [0.2, 0.25) is 10.0 Å². The fraction of sp³-hybridized carbons (Fsp3) is 0.154. The van der Waals surface area contributed by atoms with Gasteiger partial charge in [-0.3, -0.25) is 0 Å². The van der Waals surface area contributed by atoms with E-state index in [1.807, 2.05) is 17.5 Å². The van der Waals surface area contributed by atoms with Crippen molar-refractivity contribution in [2.45, 2.75) is 11.3 Å². The SMILES string of the molecule is O=C(O)c1cc(S(=O)(=O)NCCc2cccs2)ccc1Cl. The van der Waals surface area contributed by atoms with Crippen molar-refractivity contribution in [1.29, 1.82) is 0 Å². The van der Waals surface area contributed by atoms with Crippen LogP contribution < -0.4 is 4.72 Å². The van der Waals surface area contributed by atoms with E-state index in [-0.39, 0.29) is 22.0 Å². The molecule has 2 aromatic rings.